The summed E-state index contributed by atoms with van der Waals surface area (Å²) in [7, 11) is 6.41. The van der Waals surface area contributed by atoms with Crippen molar-refractivity contribution in [1.82, 2.24) is 4.98 Å². The zero-order valence-electron chi connectivity index (χ0n) is 17.4. The van der Waals surface area contributed by atoms with Crippen molar-refractivity contribution in [2.45, 2.75) is 0 Å². The lowest BCUT2D eigenvalue weighted by molar-refractivity contribution is 0.0976. The summed E-state index contributed by atoms with van der Waals surface area (Å²) in [5, 5.41) is 2.47. The number of aromatic nitrogens is 1. The normalized spacial score (nSPS) is 10.5. The lowest BCUT2D eigenvalue weighted by atomic mass is 10.1. The van der Waals surface area contributed by atoms with Gasteiger partial charge in [0.15, 0.2) is 5.13 Å². The maximum Gasteiger partial charge on any atom is 0.260 e. The van der Waals surface area contributed by atoms with Gasteiger partial charge in [-0.1, -0.05) is 0 Å². The second kappa shape index (κ2) is 10.1. The number of anilines is 1. The lowest BCUT2D eigenvalue weighted by Gasteiger charge is -2.19. The monoisotopic (exact) mass is 428 g/mol. The Morgan fingerprint density at radius 2 is 1.67 bits per heavy atom. The summed E-state index contributed by atoms with van der Waals surface area (Å²) < 4.78 is 21.2. The van der Waals surface area contributed by atoms with Crippen LogP contribution in [0.25, 0.3) is 11.3 Å². The Hall–Kier alpha value is -3.10. The number of rotatable bonds is 9. The van der Waals surface area contributed by atoms with Crippen molar-refractivity contribution in [3.05, 3.63) is 53.4 Å². The number of carbonyl (C=O) groups excluding carboxylic acids is 1. The topological polar surface area (TPSA) is 70.1 Å². The van der Waals surface area contributed by atoms with Gasteiger partial charge in [0.1, 0.15) is 17.2 Å². The number of carbonyl (C=O) groups is 1. The molecule has 158 valence electrons. The molecule has 8 heteroatoms. The molecule has 1 heterocycles. The van der Waals surface area contributed by atoms with Gasteiger partial charge in [-0.25, -0.2) is 4.98 Å². The molecule has 1 amide bonds. The summed E-state index contributed by atoms with van der Waals surface area (Å²) in [6, 6.07) is 12.5. The molecule has 0 bridgehead atoms. The first-order valence-electron chi connectivity index (χ1n) is 9.24. The third-order valence-corrected chi connectivity index (χ3v) is 5.37. The van der Waals surface area contributed by atoms with E-state index in [4.69, 9.17) is 23.9 Å². The number of thiazole rings is 1. The zero-order valence-corrected chi connectivity index (χ0v) is 18.2. The standard InChI is InChI=1S/C22H24N2O5S/c1-26-12-11-24(21(25)15-5-7-16(27-2)8-6-15)22-23-19(14-30-22)18-13-17(28-3)9-10-20(18)29-4/h5-10,13-14H,11-12H2,1-4H3. The summed E-state index contributed by atoms with van der Waals surface area (Å²) >= 11 is 1.38. The van der Waals surface area contributed by atoms with Crippen molar-refractivity contribution in [2.75, 3.05) is 46.5 Å². The maximum absolute atomic E-state index is 13.2. The highest BCUT2D eigenvalue weighted by Crippen LogP contribution is 2.36. The van der Waals surface area contributed by atoms with Gasteiger partial charge in [0.05, 0.1) is 40.2 Å². The molecule has 0 radical (unpaired) electrons. The predicted octanol–water partition coefficient (Wildman–Crippen LogP) is 4.13. The van der Waals surface area contributed by atoms with Crippen LogP contribution in [0.3, 0.4) is 0 Å². The SMILES string of the molecule is COCCN(C(=O)c1ccc(OC)cc1)c1nc(-c2cc(OC)ccc2OC)cs1. The van der Waals surface area contributed by atoms with Crippen molar-refractivity contribution in [3.8, 4) is 28.5 Å². The van der Waals surface area contributed by atoms with Crippen LogP contribution in [0.2, 0.25) is 0 Å². The molecular formula is C22H24N2O5S. The van der Waals surface area contributed by atoms with Gasteiger partial charge < -0.3 is 18.9 Å². The molecule has 0 spiro atoms. The number of methoxy groups -OCH3 is 4. The molecule has 0 saturated heterocycles. The van der Waals surface area contributed by atoms with Crippen molar-refractivity contribution >= 4 is 22.4 Å². The smallest absolute Gasteiger partial charge is 0.260 e. The van der Waals surface area contributed by atoms with Gasteiger partial charge in [0.25, 0.3) is 5.91 Å². The highest BCUT2D eigenvalue weighted by Gasteiger charge is 2.22. The first-order valence-corrected chi connectivity index (χ1v) is 10.1. The fraction of sp³-hybridized carbons (Fsp3) is 0.273. The van der Waals surface area contributed by atoms with E-state index in [2.05, 4.69) is 0 Å². The van der Waals surface area contributed by atoms with Gasteiger partial charge >= 0.3 is 0 Å². The molecule has 0 saturated carbocycles. The Bertz CT molecular complexity index is 987. The van der Waals surface area contributed by atoms with Crippen molar-refractivity contribution in [1.29, 1.82) is 0 Å². The van der Waals surface area contributed by atoms with Crippen LogP contribution in [0, 0.1) is 0 Å². The van der Waals surface area contributed by atoms with Crippen molar-refractivity contribution in [2.24, 2.45) is 0 Å². The average Bonchev–Trinajstić information content (AvgIpc) is 3.28. The van der Waals surface area contributed by atoms with E-state index in [9.17, 15) is 4.79 Å². The fourth-order valence-electron chi connectivity index (χ4n) is 2.88. The summed E-state index contributed by atoms with van der Waals surface area (Å²) in [6.07, 6.45) is 0. The molecule has 0 N–H and O–H groups in total. The molecular weight excluding hydrogens is 404 g/mol. The van der Waals surface area contributed by atoms with Crippen LogP contribution in [-0.2, 0) is 4.74 Å². The number of hydrogen-bond acceptors (Lipinski definition) is 7. The Labute approximate surface area is 179 Å². The minimum absolute atomic E-state index is 0.159. The summed E-state index contributed by atoms with van der Waals surface area (Å²) in [5.74, 6) is 1.91. The van der Waals surface area contributed by atoms with E-state index in [0.717, 1.165) is 5.56 Å². The molecule has 3 rings (SSSR count). The van der Waals surface area contributed by atoms with Crippen LogP contribution in [-0.4, -0.2) is 52.5 Å². The zero-order chi connectivity index (χ0) is 21.5. The molecule has 7 nitrogen and oxygen atoms in total. The van der Waals surface area contributed by atoms with E-state index in [0.29, 0.717) is 46.8 Å². The summed E-state index contributed by atoms with van der Waals surface area (Å²) in [4.78, 5) is 19.5. The van der Waals surface area contributed by atoms with Gasteiger partial charge in [-0.05, 0) is 42.5 Å². The highest BCUT2D eigenvalue weighted by atomic mass is 32.1. The minimum Gasteiger partial charge on any atom is -0.497 e. The molecule has 0 fully saturated rings. The highest BCUT2D eigenvalue weighted by molar-refractivity contribution is 7.14. The van der Waals surface area contributed by atoms with Gasteiger partial charge in [-0.15, -0.1) is 11.3 Å². The number of ether oxygens (including phenoxy) is 4. The Morgan fingerprint density at radius 3 is 2.30 bits per heavy atom. The third-order valence-electron chi connectivity index (χ3n) is 4.51. The van der Waals surface area contributed by atoms with Crippen LogP contribution in [0.1, 0.15) is 10.4 Å². The Kier molecular flexibility index (Phi) is 7.26. The molecule has 0 aliphatic rings. The van der Waals surface area contributed by atoms with E-state index in [1.165, 1.54) is 11.3 Å². The predicted molar refractivity (Wildman–Crippen MR) is 117 cm³/mol. The van der Waals surface area contributed by atoms with Crippen molar-refractivity contribution in [3.63, 3.8) is 0 Å². The first-order chi connectivity index (χ1) is 14.6. The largest absolute Gasteiger partial charge is 0.497 e. The molecule has 0 unspecified atom stereocenters. The number of nitrogens with zero attached hydrogens (tertiary/aromatic N) is 2. The molecule has 0 aliphatic carbocycles. The third kappa shape index (κ3) is 4.72. The second-order valence-electron chi connectivity index (χ2n) is 6.26. The van der Waals surface area contributed by atoms with Crippen LogP contribution in [0.15, 0.2) is 47.8 Å². The van der Waals surface area contributed by atoms with Gasteiger partial charge in [-0.2, -0.15) is 0 Å². The quantitative estimate of drug-likeness (QED) is 0.510. The Morgan fingerprint density at radius 1 is 0.967 bits per heavy atom. The van der Waals surface area contributed by atoms with Gasteiger partial charge in [0.2, 0.25) is 0 Å². The van der Waals surface area contributed by atoms with Gasteiger partial charge in [-0.3, -0.25) is 9.69 Å². The van der Waals surface area contributed by atoms with Crippen molar-refractivity contribution < 1.29 is 23.7 Å². The Balaban J connectivity index is 1.94. The summed E-state index contributed by atoms with van der Waals surface area (Å²) in [5.41, 5.74) is 2.04. The molecule has 30 heavy (non-hydrogen) atoms. The lowest BCUT2D eigenvalue weighted by Crippen LogP contribution is -2.33. The van der Waals surface area contributed by atoms with Crippen LogP contribution in [0.4, 0.5) is 5.13 Å². The fourth-order valence-corrected chi connectivity index (χ4v) is 3.73. The van der Waals surface area contributed by atoms with E-state index in [1.54, 1.807) is 57.6 Å². The van der Waals surface area contributed by atoms with E-state index < -0.39 is 0 Å². The van der Waals surface area contributed by atoms with E-state index in [-0.39, 0.29) is 5.91 Å². The van der Waals surface area contributed by atoms with Crippen LogP contribution < -0.4 is 19.1 Å². The number of benzene rings is 2. The maximum atomic E-state index is 13.2. The molecule has 3 aromatic rings. The molecule has 0 aliphatic heterocycles. The average molecular weight is 429 g/mol. The molecule has 0 atom stereocenters. The minimum atomic E-state index is -0.159. The molecule has 1 aromatic heterocycles. The van der Waals surface area contributed by atoms with E-state index >= 15 is 0 Å². The van der Waals surface area contributed by atoms with E-state index in [1.807, 2.05) is 23.6 Å². The first kappa shape index (κ1) is 21.6. The number of hydrogen-bond donors (Lipinski definition) is 0. The second-order valence-corrected chi connectivity index (χ2v) is 7.10. The van der Waals surface area contributed by atoms with Crippen LogP contribution in [0.5, 0.6) is 17.2 Å². The van der Waals surface area contributed by atoms with Crippen LogP contribution >= 0.6 is 11.3 Å². The van der Waals surface area contributed by atoms with Gasteiger partial charge in [0, 0.05) is 23.6 Å². The summed E-state index contributed by atoms with van der Waals surface area (Å²) in [6.45, 7) is 0.767. The number of amides is 1. The molecule has 2 aromatic carbocycles.